The maximum absolute atomic E-state index is 11.9. The van der Waals surface area contributed by atoms with Crippen molar-refractivity contribution in [1.82, 2.24) is 5.32 Å². The van der Waals surface area contributed by atoms with E-state index in [2.05, 4.69) is 15.8 Å². The molecule has 110 valence electrons. The average Bonchev–Trinajstić information content (AvgIpc) is 2.44. The van der Waals surface area contributed by atoms with Gasteiger partial charge in [0.15, 0.2) is 5.84 Å². The normalized spacial score (nSPS) is 12.9. The number of carbonyl (C=O) groups excluding carboxylic acids is 1. The molecule has 5 N–H and O–H groups in total. The lowest BCUT2D eigenvalue weighted by molar-refractivity contribution is 0.247. The number of urea groups is 1. The van der Waals surface area contributed by atoms with Crippen LogP contribution in [0.15, 0.2) is 29.4 Å². The average molecular weight is 280 g/mol. The Morgan fingerprint density at radius 2 is 2.05 bits per heavy atom. The second-order valence-electron chi connectivity index (χ2n) is 4.55. The number of oxime groups is 1. The summed E-state index contributed by atoms with van der Waals surface area (Å²) in [6.45, 7) is 3.71. The Morgan fingerprint density at radius 3 is 2.60 bits per heavy atom. The number of amidine groups is 1. The molecule has 0 bridgehead atoms. The van der Waals surface area contributed by atoms with Crippen LogP contribution < -0.4 is 21.1 Å². The highest BCUT2D eigenvalue weighted by Gasteiger charge is 2.21. The summed E-state index contributed by atoms with van der Waals surface area (Å²) >= 11 is 0. The van der Waals surface area contributed by atoms with E-state index in [-0.39, 0.29) is 11.8 Å². The summed E-state index contributed by atoms with van der Waals surface area (Å²) in [5, 5.41) is 16.9. The number of carbonyl (C=O) groups is 1. The fraction of sp³-hybridized carbons (Fsp3) is 0.385. The van der Waals surface area contributed by atoms with Crippen LogP contribution in [0.25, 0.3) is 0 Å². The number of amides is 2. The van der Waals surface area contributed by atoms with Crippen molar-refractivity contribution in [2.75, 3.05) is 12.4 Å². The predicted octanol–water partition coefficient (Wildman–Crippen LogP) is 1.59. The van der Waals surface area contributed by atoms with Crippen LogP contribution in [-0.4, -0.2) is 30.2 Å². The largest absolute Gasteiger partial charge is 0.495 e. The van der Waals surface area contributed by atoms with Crippen molar-refractivity contribution >= 4 is 17.6 Å². The number of hydrogen-bond donors (Lipinski definition) is 4. The van der Waals surface area contributed by atoms with Gasteiger partial charge >= 0.3 is 6.03 Å². The Balaban J connectivity index is 2.76. The smallest absolute Gasteiger partial charge is 0.319 e. The van der Waals surface area contributed by atoms with Gasteiger partial charge in [0.1, 0.15) is 5.75 Å². The lowest BCUT2D eigenvalue weighted by atomic mass is 10.0. The summed E-state index contributed by atoms with van der Waals surface area (Å²) in [7, 11) is 1.52. The van der Waals surface area contributed by atoms with E-state index in [1.54, 1.807) is 24.3 Å². The molecule has 1 atom stereocenters. The second-order valence-corrected chi connectivity index (χ2v) is 4.55. The van der Waals surface area contributed by atoms with Crippen LogP contribution in [-0.2, 0) is 0 Å². The van der Waals surface area contributed by atoms with Crippen molar-refractivity contribution in [2.24, 2.45) is 16.8 Å². The second kappa shape index (κ2) is 7.22. The molecule has 1 aromatic rings. The highest BCUT2D eigenvalue weighted by molar-refractivity contribution is 5.95. The first kappa shape index (κ1) is 15.6. The molecule has 0 radical (unpaired) electrons. The number of nitrogens with zero attached hydrogens (tertiary/aromatic N) is 1. The van der Waals surface area contributed by atoms with E-state index in [4.69, 9.17) is 15.7 Å². The van der Waals surface area contributed by atoms with Crippen molar-refractivity contribution < 1.29 is 14.7 Å². The summed E-state index contributed by atoms with van der Waals surface area (Å²) in [5.74, 6) is 0.483. The van der Waals surface area contributed by atoms with E-state index in [1.165, 1.54) is 7.11 Å². The lowest BCUT2D eigenvalue weighted by Crippen LogP contribution is -2.49. The van der Waals surface area contributed by atoms with E-state index in [1.807, 2.05) is 13.8 Å². The van der Waals surface area contributed by atoms with Gasteiger partial charge in [-0.3, -0.25) is 0 Å². The molecule has 20 heavy (non-hydrogen) atoms. The van der Waals surface area contributed by atoms with Crippen molar-refractivity contribution in [3.63, 3.8) is 0 Å². The molecule has 0 aromatic heterocycles. The molecule has 1 rings (SSSR count). The molecule has 0 saturated carbocycles. The molecule has 1 unspecified atom stereocenters. The van der Waals surface area contributed by atoms with Crippen molar-refractivity contribution in [3.05, 3.63) is 24.3 Å². The third-order valence-corrected chi connectivity index (χ3v) is 2.74. The quantitative estimate of drug-likeness (QED) is 0.284. The first-order valence-electron chi connectivity index (χ1n) is 6.17. The summed E-state index contributed by atoms with van der Waals surface area (Å²) in [4.78, 5) is 11.9. The Kier molecular flexibility index (Phi) is 5.64. The number of nitrogens with two attached hydrogens (primary N) is 1. The number of rotatable bonds is 5. The van der Waals surface area contributed by atoms with Gasteiger partial charge in [-0.15, -0.1) is 0 Å². The summed E-state index contributed by atoms with van der Waals surface area (Å²) in [6, 6.07) is 6.01. The minimum absolute atomic E-state index is 0.0191. The minimum Gasteiger partial charge on any atom is -0.495 e. The maximum Gasteiger partial charge on any atom is 0.319 e. The van der Waals surface area contributed by atoms with Crippen LogP contribution in [0, 0.1) is 5.92 Å². The lowest BCUT2D eigenvalue weighted by Gasteiger charge is -2.21. The number of hydrogen-bond acceptors (Lipinski definition) is 4. The van der Waals surface area contributed by atoms with Gasteiger partial charge in [-0.2, -0.15) is 0 Å². The van der Waals surface area contributed by atoms with Crippen LogP contribution in [0.3, 0.4) is 0 Å². The maximum atomic E-state index is 11.9. The van der Waals surface area contributed by atoms with E-state index in [9.17, 15) is 4.79 Å². The third-order valence-electron chi connectivity index (χ3n) is 2.74. The SMILES string of the molecule is COc1ccccc1NC(=O)NC(C(N)=NO)C(C)C. The highest BCUT2D eigenvalue weighted by Crippen LogP contribution is 2.22. The number of para-hydroxylation sites is 2. The Morgan fingerprint density at radius 1 is 1.40 bits per heavy atom. The van der Waals surface area contributed by atoms with Gasteiger partial charge < -0.3 is 26.3 Å². The molecule has 0 aliphatic rings. The van der Waals surface area contributed by atoms with Crippen molar-refractivity contribution in [2.45, 2.75) is 19.9 Å². The zero-order chi connectivity index (χ0) is 15.1. The minimum atomic E-state index is -0.560. The number of ether oxygens (including phenoxy) is 1. The van der Waals surface area contributed by atoms with Gasteiger partial charge in [-0.25, -0.2) is 4.79 Å². The highest BCUT2D eigenvalue weighted by atomic mass is 16.5. The predicted molar refractivity (Wildman–Crippen MR) is 77.2 cm³/mol. The van der Waals surface area contributed by atoms with Crippen molar-refractivity contribution in [3.8, 4) is 5.75 Å². The van der Waals surface area contributed by atoms with E-state index >= 15 is 0 Å². The van der Waals surface area contributed by atoms with Crippen LogP contribution in [0.5, 0.6) is 5.75 Å². The number of nitrogens with one attached hydrogen (secondary N) is 2. The van der Waals surface area contributed by atoms with Crippen LogP contribution in [0.4, 0.5) is 10.5 Å². The molecule has 0 aliphatic carbocycles. The van der Waals surface area contributed by atoms with Gasteiger partial charge in [0.25, 0.3) is 0 Å². The monoisotopic (exact) mass is 280 g/mol. The fourth-order valence-electron chi connectivity index (χ4n) is 1.69. The van der Waals surface area contributed by atoms with E-state index in [0.29, 0.717) is 11.4 Å². The first-order valence-corrected chi connectivity index (χ1v) is 6.17. The summed E-state index contributed by atoms with van der Waals surface area (Å²) in [5.41, 5.74) is 6.09. The van der Waals surface area contributed by atoms with Crippen LogP contribution in [0.2, 0.25) is 0 Å². The summed E-state index contributed by atoms with van der Waals surface area (Å²) in [6.07, 6.45) is 0. The fourth-order valence-corrected chi connectivity index (χ4v) is 1.69. The molecule has 0 aliphatic heterocycles. The molecular weight excluding hydrogens is 260 g/mol. The molecule has 7 heteroatoms. The number of benzene rings is 1. The zero-order valence-corrected chi connectivity index (χ0v) is 11.8. The molecular formula is C13H20N4O3. The van der Waals surface area contributed by atoms with Gasteiger partial charge in [-0.05, 0) is 18.1 Å². The molecule has 7 nitrogen and oxygen atoms in total. The number of methoxy groups -OCH3 is 1. The molecule has 2 amide bonds. The summed E-state index contributed by atoms with van der Waals surface area (Å²) < 4.78 is 5.14. The number of anilines is 1. The zero-order valence-electron chi connectivity index (χ0n) is 11.8. The van der Waals surface area contributed by atoms with Crippen molar-refractivity contribution in [1.29, 1.82) is 0 Å². The topological polar surface area (TPSA) is 109 Å². The van der Waals surface area contributed by atoms with E-state index in [0.717, 1.165) is 0 Å². The molecule has 0 heterocycles. The first-order chi connectivity index (χ1) is 9.49. The Bertz CT molecular complexity index is 488. The van der Waals surface area contributed by atoms with Crippen LogP contribution >= 0.6 is 0 Å². The van der Waals surface area contributed by atoms with Gasteiger partial charge in [0, 0.05) is 0 Å². The Labute approximate surface area is 117 Å². The standard InChI is InChI=1S/C13H20N4O3/c1-8(2)11(12(14)17-19)16-13(18)15-9-6-4-5-7-10(9)20-3/h4-8,11,19H,1-3H3,(H2,14,17)(H2,15,16,18). The molecule has 1 aromatic carbocycles. The molecule has 0 fully saturated rings. The molecule has 0 spiro atoms. The Hall–Kier alpha value is -2.44. The van der Waals surface area contributed by atoms with Crippen LogP contribution in [0.1, 0.15) is 13.8 Å². The van der Waals surface area contributed by atoms with Gasteiger partial charge in [0.2, 0.25) is 0 Å². The third kappa shape index (κ3) is 4.04. The van der Waals surface area contributed by atoms with Gasteiger partial charge in [0.05, 0.1) is 18.8 Å². The van der Waals surface area contributed by atoms with E-state index < -0.39 is 12.1 Å². The van der Waals surface area contributed by atoms with Gasteiger partial charge in [-0.1, -0.05) is 31.1 Å². The molecule has 0 saturated heterocycles.